The number of fused-ring (bicyclic) bond motifs is 1. The normalized spacial score (nSPS) is 11.0. The molecule has 68 valence electrons. The predicted molar refractivity (Wildman–Crippen MR) is 46.2 cm³/mol. The summed E-state index contributed by atoms with van der Waals surface area (Å²) in [6, 6.07) is 0. The highest BCUT2D eigenvalue weighted by Gasteiger charge is 2.13. The zero-order valence-corrected chi connectivity index (χ0v) is 7.53. The number of nitrogens with one attached hydrogen (secondary N) is 2. The Morgan fingerprint density at radius 3 is 3.08 bits per heavy atom. The third-order valence-electron chi connectivity index (χ3n) is 1.58. The molecule has 0 bridgehead atoms. The zero-order chi connectivity index (χ0) is 9.26. The Bertz CT molecular complexity index is 409. The smallest absolute Gasteiger partial charge is 0.312 e. The molecule has 0 spiro atoms. The molecule has 0 aliphatic rings. The van der Waals surface area contributed by atoms with Crippen molar-refractivity contribution in [2.75, 3.05) is 0 Å². The average Bonchev–Trinajstić information content (AvgIpc) is 2.51. The summed E-state index contributed by atoms with van der Waals surface area (Å²) in [5, 5.41) is 0. The first kappa shape index (κ1) is 7.97. The Kier molecular flexibility index (Phi) is 1.84. The van der Waals surface area contributed by atoms with Crippen LogP contribution in [0.4, 0.5) is 0 Å². The molecule has 2 N–H and O–H groups in total. The number of ether oxygens (including phenoxy) is 1. The highest BCUT2D eigenvalue weighted by atomic mass is 16.5. The largest absolute Gasteiger partial charge is 0.458 e. The van der Waals surface area contributed by atoms with Gasteiger partial charge in [0.15, 0.2) is 5.52 Å². The molecule has 0 saturated carbocycles. The molecule has 2 rings (SSSR count). The molecule has 0 radical (unpaired) electrons. The van der Waals surface area contributed by atoms with Gasteiger partial charge in [-0.2, -0.15) is 4.98 Å². The van der Waals surface area contributed by atoms with E-state index >= 15 is 0 Å². The van der Waals surface area contributed by atoms with E-state index in [1.807, 2.05) is 13.8 Å². The van der Waals surface area contributed by atoms with Crippen LogP contribution >= 0.6 is 0 Å². The molecule has 2 aromatic rings. The van der Waals surface area contributed by atoms with Crippen molar-refractivity contribution in [1.29, 1.82) is 0 Å². The van der Waals surface area contributed by atoms with Crippen LogP contribution < -0.4 is 9.72 Å². The van der Waals surface area contributed by atoms with Gasteiger partial charge in [-0.05, 0) is 18.8 Å². The van der Waals surface area contributed by atoms with Crippen molar-refractivity contribution >= 4 is 11.2 Å². The molecular formula is C8H11N4O+. The minimum absolute atomic E-state index is 0.130. The molecule has 0 atom stereocenters. The van der Waals surface area contributed by atoms with Gasteiger partial charge in [0.1, 0.15) is 0 Å². The number of imidazole rings is 1. The van der Waals surface area contributed by atoms with Crippen LogP contribution in [0.3, 0.4) is 0 Å². The lowest BCUT2D eigenvalue weighted by molar-refractivity contribution is -0.398. The van der Waals surface area contributed by atoms with E-state index < -0.39 is 0 Å². The summed E-state index contributed by atoms with van der Waals surface area (Å²) in [5.74, 6) is 0.678. The highest BCUT2D eigenvalue weighted by Crippen LogP contribution is 2.14. The van der Waals surface area contributed by atoms with Crippen LogP contribution in [0, 0.1) is 0 Å². The van der Waals surface area contributed by atoms with Crippen molar-refractivity contribution in [3.05, 3.63) is 12.7 Å². The number of aromatic nitrogens is 4. The first-order chi connectivity index (χ1) is 6.27. The van der Waals surface area contributed by atoms with Gasteiger partial charge < -0.3 is 9.72 Å². The van der Waals surface area contributed by atoms with E-state index in [4.69, 9.17) is 4.74 Å². The first-order valence-corrected chi connectivity index (χ1v) is 4.14. The summed E-state index contributed by atoms with van der Waals surface area (Å²) in [4.78, 5) is 13.9. The summed E-state index contributed by atoms with van der Waals surface area (Å²) in [6.07, 6.45) is 3.30. The van der Waals surface area contributed by atoms with Crippen LogP contribution in [0.2, 0.25) is 0 Å². The molecule has 5 nitrogen and oxygen atoms in total. The van der Waals surface area contributed by atoms with Crippen LogP contribution in [-0.2, 0) is 0 Å². The maximum atomic E-state index is 5.52. The molecule has 0 amide bonds. The monoisotopic (exact) mass is 179 g/mol. The molecule has 0 saturated heterocycles. The van der Waals surface area contributed by atoms with Crippen LogP contribution in [0.15, 0.2) is 12.7 Å². The summed E-state index contributed by atoms with van der Waals surface area (Å²) in [6.45, 7) is 3.94. The van der Waals surface area contributed by atoms with E-state index in [0.29, 0.717) is 11.5 Å². The average molecular weight is 179 g/mol. The lowest BCUT2D eigenvalue weighted by Crippen LogP contribution is -2.16. The van der Waals surface area contributed by atoms with E-state index in [0.717, 1.165) is 5.52 Å². The molecule has 0 unspecified atom stereocenters. The highest BCUT2D eigenvalue weighted by molar-refractivity contribution is 5.73. The fourth-order valence-electron chi connectivity index (χ4n) is 1.10. The van der Waals surface area contributed by atoms with Gasteiger partial charge in [-0.25, -0.2) is 4.98 Å². The van der Waals surface area contributed by atoms with Gasteiger partial charge >= 0.3 is 5.88 Å². The first-order valence-electron chi connectivity index (χ1n) is 4.14. The predicted octanol–water partition coefficient (Wildman–Crippen LogP) is 0.559. The van der Waals surface area contributed by atoms with Gasteiger partial charge in [0.2, 0.25) is 0 Å². The van der Waals surface area contributed by atoms with Crippen LogP contribution in [-0.4, -0.2) is 21.1 Å². The van der Waals surface area contributed by atoms with Crippen LogP contribution in [0.1, 0.15) is 13.8 Å². The minimum Gasteiger partial charge on any atom is -0.458 e. The van der Waals surface area contributed by atoms with Gasteiger partial charge in [-0.3, -0.25) is 0 Å². The minimum atomic E-state index is 0.130. The van der Waals surface area contributed by atoms with Crippen molar-refractivity contribution in [2.45, 2.75) is 20.0 Å². The molecule has 13 heavy (non-hydrogen) atoms. The van der Waals surface area contributed by atoms with Gasteiger partial charge in [0.05, 0.1) is 12.4 Å². The van der Waals surface area contributed by atoms with Gasteiger partial charge in [-0.1, -0.05) is 0 Å². The van der Waals surface area contributed by atoms with Gasteiger partial charge in [0, 0.05) is 0 Å². The number of hydrogen-bond acceptors (Lipinski definition) is 3. The Morgan fingerprint density at radius 1 is 1.46 bits per heavy atom. The van der Waals surface area contributed by atoms with Gasteiger partial charge in [-0.15, -0.1) is 0 Å². The lowest BCUT2D eigenvalue weighted by atomic mass is 10.4. The van der Waals surface area contributed by atoms with E-state index in [1.54, 1.807) is 12.7 Å². The molecule has 0 aromatic carbocycles. The van der Waals surface area contributed by atoms with Crippen molar-refractivity contribution in [3.63, 3.8) is 0 Å². The molecule has 2 aromatic heterocycles. The van der Waals surface area contributed by atoms with E-state index in [9.17, 15) is 0 Å². The Morgan fingerprint density at radius 2 is 2.31 bits per heavy atom. The van der Waals surface area contributed by atoms with E-state index in [1.165, 1.54) is 0 Å². The molecule has 0 fully saturated rings. The fraction of sp³-hybridized carbons (Fsp3) is 0.375. The van der Waals surface area contributed by atoms with E-state index in [2.05, 4.69) is 19.9 Å². The summed E-state index contributed by atoms with van der Waals surface area (Å²) >= 11 is 0. The second-order valence-electron chi connectivity index (χ2n) is 3.00. The third-order valence-corrected chi connectivity index (χ3v) is 1.58. The number of hydrogen-bond donors (Lipinski definition) is 1. The van der Waals surface area contributed by atoms with Crippen molar-refractivity contribution in [2.24, 2.45) is 0 Å². The molecule has 0 aliphatic carbocycles. The van der Waals surface area contributed by atoms with Crippen molar-refractivity contribution in [1.82, 2.24) is 15.0 Å². The standard InChI is InChI=1S/C8H10N4O/c1-5(2)13-8-6-7(10-3-9-6)11-4-12-8/h3-5H,1-2H3,(H,9,10,11,12)/p+1. The number of H-pyrrole nitrogens is 2. The molecule has 2 heterocycles. The SMILES string of the molecule is CC(C)Oc1[nH+]cnc2nc[nH]c12. The second kappa shape index (κ2) is 3.01. The molecule has 0 aliphatic heterocycles. The number of rotatable bonds is 2. The fourth-order valence-corrected chi connectivity index (χ4v) is 1.10. The summed E-state index contributed by atoms with van der Waals surface area (Å²) in [5.41, 5.74) is 1.46. The lowest BCUT2D eigenvalue weighted by Gasteiger charge is -2.04. The Labute approximate surface area is 75.2 Å². The van der Waals surface area contributed by atoms with Gasteiger partial charge in [0.25, 0.3) is 12.0 Å². The maximum Gasteiger partial charge on any atom is 0.312 e. The third kappa shape index (κ3) is 1.44. The molecule has 5 heteroatoms. The topological polar surface area (TPSA) is 64.9 Å². The number of nitrogens with zero attached hydrogens (tertiary/aromatic N) is 2. The van der Waals surface area contributed by atoms with Crippen LogP contribution in [0.5, 0.6) is 5.88 Å². The maximum absolute atomic E-state index is 5.52. The summed E-state index contributed by atoms with van der Waals surface area (Å²) in [7, 11) is 0. The quantitative estimate of drug-likeness (QED) is 0.732. The summed E-state index contributed by atoms with van der Waals surface area (Å²) < 4.78 is 5.52. The molecular weight excluding hydrogens is 168 g/mol. The zero-order valence-electron chi connectivity index (χ0n) is 7.53. The second-order valence-corrected chi connectivity index (χ2v) is 3.00. The Hall–Kier alpha value is -1.65. The van der Waals surface area contributed by atoms with Crippen molar-refractivity contribution < 1.29 is 9.72 Å². The van der Waals surface area contributed by atoms with Crippen LogP contribution in [0.25, 0.3) is 11.2 Å². The Balaban J connectivity index is 2.48. The number of aromatic amines is 2. The van der Waals surface area contributed by atoms with E-state index in [-0.39, 0.29) is 6.10 Å². The van der Waals surface area contributed by atoms with Crippen molar-refractivity contribution in [3.8, 4) is 5.88 Å².